The second-order valence-corrected chi connectivity index (χ2v) is 8.30. The molecule has 1 fully saturated rings. The number of ether oxygens (including phenoxy) is 1. The van der Waals surface area contributed by atoms with Crippen LogP contribution in [0.25, 0.3) is 0 Å². The van der Waals surface area contributed by atoms with Crippen molar-refractivity contribution in [3.05, 3.63) is 63.8 Å². The van der Waals surface area contributed by atoms with Gasteiger partial charge in [-0.15, -0.1) is 11.3 Å². The quantitative estimate of drug-likeness (QED) is 0.715. The van der Waals surface area contributed by atoms with Gasteiger partial charge in [0, 0.05) is 25.3 Å². The first kappa shape index (κ1) is 21.0. The van der Waals surface area contributed by atoms with Gasteiger partial charge in [-0.3, -0.25) is 14.6 Å². The Labute approximate surface area is 183 Å². The number of amides is 2. The van der Waals surface area contributed by atoms with Gasteiger partial charge in [-0.25, -0.2) is 4.79 Å². The first-order valence-corrected chi connectivity index (χ1v) is 11.1. The van der Waals surface area contributed by atoms with Crippen LogP contribution in [0.15, 0.2) is 53.2 Å². The van der Waals surface area contributed by atoms with Gasteiger partial charge in [-0.2, -0.15) is 0 Å². The van der Waals surface area contributed by atoms with Crippen LogP contribution in [-0.4, -0.2) is 63.4 Å². The van der Waals surface area contributed by atoms with Crippen LogP contribution in [0.3, 0.4) is 0 Å². The fourth-order valence-electron chi connectivity index (χ4n) is 4.14. The number of pyridine rings is 1. The van der Waals surface area contributed by atoms with Crippen LogP contribution >= 0.6 is 11.3 Å². The molecule has 1 saturated heterocycles. The Morgan fingerprint density at radius 3 is 2.61 bits per heavy atom. The molecule has 1 atom stereocenters. The highest BCUT2D eigenvalue weighted by molar-refractivity contribution is 7.12. The number of Topliss-reactive ketones (excluding diaryl/α,β-unsaturated/α-hetero) is 1. The van der Waals surface area contributed by atoms with Crippen LogP contribution in [0.1, 0.15) is 41.2 Å². The van der Waals surface area contributed by atoms with Gasteiger partial charge in [0.2, 0.25) is 5.78 Å². The number of piperidine rings is 1. The summed E-state index contributed by atoms with van der Waals surface area (Å²) < 4.78 is 5.07. The molecule has 2 amide bonds. The Morgan fingerprint density at radius 1 is 1.23 bits per heavy atom. The molecule has 31 heavy (non-hydrogen) atoms. The summed E-state index contributed by atoms with van der Waals surface area (Å²) in [5.41, 5.74) is 0.576. The Morgan fingerprint density at radius 2 is 2.00 bits per heavy atom. The molecular weight excluding hydrogens is 418 g/mol. The van der Waals surface area contributed by atoms with Crippen LogP contribution in [0.4, 0.5) is 4.79 Å². The Bertz CT molecular complexity index is 997. The van der Waals surface area contributed by atoms with Gasteiger partial charge in [0.1, 0.15) is 6.04 Å². The lowest BCUT2D eigenvalue weighted by Crippen LogP contribution is -2.48. The molecular formula is C22H23N3O5S. The van der Waals surface area contributed by atoms with Gasteiger partial charge in [0.05, 0.1) is 22.8 Å². The predicted molar refractivity (Wildman–Crippen MR) is 114 cm³/mol. The highest BCUT2D eigenvalue weighted by Crippen LogP contribution is 2.41. The second-order valence-electron chi connectivity index (χ2n) is 7.36. The Kier molecular flexibility index (Phi) is 6.03. The van der Waals surface area contributed by atoms with Gasteiger partial charge in [0.25, 0.3) is 5.91 Å². The zero-order chi connectivity index (χ0) is 22.0. The molecule has 4 rings (SSSR count). The third-order valence-corrected chi connectivity index (χ3v) is 6.45. The number of thiophene rings is 1. The highest BCUT2D eigenvalue weighted by Gasteiger charge is 2.48. The normalized spacial score (nSPS) is 19.8. The number of aliphatic hydroxyl groups excluding tert-OH is 1. The van der Waals surface area contributed by atoms with E-state index in [2.05, 4.69) is 4.98 Å². The summed E-state index contributed by atoms with van der Waals surface area (Å²) in [4.78, 5) is 46.4. The van der Waals surface area contributed by atoms with Gasteiger partial charge in [-0.1, -0.05) is 12.1 Å². The third-order valence-electron chi connectivity index (χ3n) is 5.59. The van der Waals surface area contributed by atoms with E-state index in [-0.39, 0.29) is 23.5 Å². The first-order chi connectivity index (χ1) is 15.0. The number of carbonyl (C=O) groups excluding carboxylic acids is 3. The van der Waals surface area contributed by atoms with Crippen molar-refractivity contribution in [3.8, 4) is 0 Å². The zero-order valence-electron chi connectivity index (χ0n) is 17.1. The fourth-order valence-corrected chi connectivity index (χ4v) is 4.82. The first-order valence-electron chi connectivity index (χ1n) is 10.2. The van der Waals surface area contributed by atoms with Crippen LogP contribution < -0.4 is 0 Å². The van der Waals surface area contributed by atoms with Crippen molar-refractivity contribution in [1.82, 2.24) is 14.8 Å². The molecule has 2 aromatic rings. The summed E-state index contributed by atoms with van der Waals surface area (Å²) in [6, 6.07) is 7.70. The second kappa shape index (κ2) is 8.89. The number of hydrogen-bond donors (Lipinski definition) is 1. The van der Waals surface area contributed by atoms with E-state index in [0.717, 1.165) is 0 Å². The monoisotopic (exact) mass is 441 g/mol. The van der Waals surface area contributed by atoms with Crippen molar-refractivity contribution in [2.45, 2.75) is 31.8 Å². The molecule has 0 aliphatic carbocycles. The van der Waals surface area contributed by atoms with E-state index >= 15 is 0 Å². The summed E-state index contributed by atoms with van der Waals surface area (Å²) >= 11 is 1.26. The number of aliphatic hydroxyl groups is 1. The van der Waals surface area contributed by atoms with Crippen LogP contribution in [-0.2, 0) is 9.53 Å². The topological polar surface area (TPSA) is 100 Å². The number of aromatic nitrogens is 1. The van der Waals surface area contributed by atoms with Gasteiger partial charge < -0.3 is 19.6 Å². The molecule has 1 unspecified atom stereocenters. The number of nitrogens with zero attached hydrogens (tertiary/aromatic N) is 3. The maximum atomic E-state index is 13.2. The molecule has 0 spiro atoms. The molecule has 9 heteroatoms. The summed E-state index contributed by atoms with van der Waals surface area (Å²) in [6.07, 6.45) is 2.26. The van der Waals surface area contributed by atoms with E-state index < -0.39 is 17.7 Å². The average molecular weight is 442 g/mol. The molecule has 2 aromatic heterocycles. The standard InChI is InChI=1S/C22H23N3O5S/c1-2-30-22(29)24-11-8-14(9-12-24)25-18(15-6-3-4-10-23-15)17(20(27)21(25)28)19(26)16-7-5-13-31-16/h3-7,10,13-14,18,27H,2,8-9,11-12H2,1H3. The Hall–Kier alpha value is -3.20. The Balaban J connectivity index is 1.64. The minimum Gasteiger partial charge on any atom is -0.503 e. The molecule has 0 bridgehead atoms. The maximum absolute atomic E-state index is 13.2. The molecule has 2 aliphatic heterocycles. The van der Waals surface area contributed by atoms with E-state index in [1.165, 1.54) is 11.3 Å². The van der Waals surface area contributed by atoms with Crippen molar-refractivity contribution in [2.24, 2.45) is 0 Å². The average Bonchev–Trinajstić information content (AvgIpc) is 3.42. The van der Waals surface area contributed by atoms with Gasteiger partial charge in [0.15, 0.2) is 5.76 Å². The lowest BCUT2D eigenvalue weighted by atomic mass is 9.96. The minimum absolute atomic E-state index is 0.0546. The largest absolute Gasteiger partial charge is 0.503 e. The fraction of sp³-hybridized carbons (Fsp3) is 0.364. The smallest absolute Gasteiger partial charge is 0.409 e. The van der Waals surface area contributed by atoms with Gasteiger partial charge >= 0.3 is 6.09 Å². The molecule has 8 nitrogen and oxygen atoms in total. The summed E-state index contributed by atoms with van der Waals surface area (Å²) in [5.74, 6) is -1.48. The lowest BCUT2D eigenvalue weighted by molar-refractivity contribution is -0.132. The number of carbonyl (C=O) groups is 3. The molecule has 162 valence electrons. The van der Waals surface area contributed by atoms with Crippen molar-refractivity contribution >= 4 is 29.1 Å². The molecule has 1 N–H and O–H groups in total. The summed E-state index contributed by atoms with van der Waals surface area (Å²) in [5, 5.41) is 12.5. The van der Waals surface area contributed by atoms with Crippen molar-refractivity contribution in [2.75, 3.05) is 19.7 Å². The zero-order valence-corrected chi connectivity index (χ0v) is 17.9. The highest BCUT2D eigenvalue weighted by atomic mass is 32.1. The number of likely N-dealkylation sites (tertiary alicyclic amines) is 1. The van der Waals surface area contributed by atoms with Crippen molar-refractivity contribution in [3.63, 3.8) is 0 Å². The number of rotatable bonds is 5. The predicted octanol–water partition coefficient (Wildman–Crippen LogP) is 3.34. The number of hydrogen-bond acceptors (Lipinski definition) is 7. The molecule has 0 radical (unpaired) electrons. The van der Waals surface area contributed by atoms with Crippen molar-refractivity contribution < 1.29 is 24.2 Å². The minimum atomic E-state index is -0.776. The van der Waals surface area contributed by atoms with Crippen LogP contribution in [0.2, 0.25) is 0 Å². The third kappa shape index (κ3) is 3.93. The molecule has 2 aliphatic rings. The van der Waals surface area contributed by atoms with Crippen LogP contribution in [0, 0.1) is 0 Å². The SMILES string of the molecule is CCOC(=O)N1CCC(N2C(=O)C(O)=C(C(=O)c3cccs3)C2c2ccccn2)CC1. The summed E-state index contributed by atoms with van der Waals surface area (Å²) in [6.45, 7) is 2.91. The summed E-state index contributed by atoms with van der Waals surface area (Å²) in [7, 11) is 0. The van der Waals surface area contributed by atoms with E-state index in [4.69, 9.17) is 4.74 Å². The molecule has 0 saturated carbocycles. The van der Waals surface area contributed by atoms with E-state index in [9.17, 15) is 19.5 Å². The van der Waals surface area contributed by atoms with Crippen LogP contribution in [0.5, 0.6) is 0 Å². The molecule has 4 heterocycles. The van der Waals surface area contributed by atoms with E-state index in [0.29, 0.717) is 43.1 Å². The van der Waals surface area contributed by atoms with Crippen molar-refractivity contribution in [1.29, 1.82) is 0 Å². The van der Waals surface area contributed by atoms with E-state index in [1.807, 2.05) is 0 Å². The lowest BCUT2D eigenvalue weighted by Gasteiger charge is -2.39. The number of ketones is 1. The molecule has 0 aromatic carbocycles. The van der Waals surface area contributed by atoms with Gasteiger partial charge in [-0.05, 0) is 43.3 Å². The maximum Gasteiger partial charge on any atom is 0.409 e. The van der Waals surface area contributed by atoms with E-state index in [1.54, 1.807) is 58.6 Å².